The Balaban J connectivity index is 1.87. The summed E-state index contributed by atoms with van der Waals surface area (Å²) in [7, 11) is 0. The molecular weight excluding hydrogens is 204 g/mol. The lowest BCUT2D eigenvalue weighted by molar-refractivity contribution is -0.138. The Hall–Kier alpha value is -0.610. The smallest absolute Gasteiger partial charge is 0.223 e. The summed E-state index contributed by atoms with van der Waals surface area (Å²) in [6.07, 6.45) is 5.38. The topological polar surface area (TPSA) is 66.6 Å². The molecule has 4 heteroatoms. The third kappa shape index (κ3) is 2.38. The predicted octanol–water partition coefficient (Wildman–Crippen LogP) is 0.489. The fraction of sp³-hybridized carbons (Fsp3) is 0.917. The van der Waals surface area contributed by atoms with Gasteiger partial charge in [-0.05, 0) is 37.6 Å². The number of nitrogens with two attached hydrogens (primary N) is 1. The summed E-state index contributed by atoms with van der Waals surface area (Å²) in [6.45, 7) is 1.94. The number of amides is 1. The van der Waals surface area contributed by atoms with Gasteiger partial charge in [-0.15, -0.1) is 0 Å². The zero-order chi connectivity index (χ0) is 11.6. The lowest BCUT2D eigenvalue weighted by Crippen LogP contribution is -2.47. The van der Waals surface area contributed by atoms with Crippen molar-refractivity contribution in [3.63, 3.8) is 0 Å². The van der Waals surface area contributed by atoms with Crippen molar-refractivity contribution in [2.75, 3.05) is 19.6 Å². The quantitative estimate of drug-likeness (QED) is 0.736. The number of hydrogen-bond donors (Lipinski definition) is 2. The molecule has 2 fully saturated rings. The zero-order valence-corrected chi connectivity index (χ0v) is 9.82. The highest BCUT2D eigenvalue weighted by Gasteiger charge is 2.39. The zero-order valence-electron chi connectivity index (χ0n) is 9.82. The van der Waals surface area contributed by atoms with Crippen LogP contribution in [0.4, 0.5) is 0 Å². The molecule has 1 saturated carbocycles. The third-order valence-corrected chi connectivity index (χ3v) is 4.12. The summed E-state index contributed by atoms with van der Waals surface area (Å²) >= 11 is 0. The number of aliphatic hydroxyl groups is 1. The van der Waals surface area contributed by atoms with E-state index in [0.29, 0.717) is 19.5 Å². The fourth-order valence-corrected chi connectivity index (χ4v) is 2.74. The Kier molecular flexibility index (Phi) is 3.50. The van der Waals surface area contributed by atoms with Crippen LogP contribution in [0.15, 0.2) is 0 Å². The van der Waals surface area contributed by atoms with Crippen LogP contribution in [0.1, 0.15) is 38.5 Å². The lowest BCUT2D eigenvalue weighted by Gasteiger charge is -2.42. The number of aliphatic hydroxyl groups excluding tert-OH is 1. The summed E-state index contributed by atoms with van der Waals surface area (Å²) in [5.41, 5.74) is 5.84. The second kappa shape index (κ2) is 4.72. The minimum atomic E-state index is -0.326. The molecule has 0 spiro atoms. The third-order valence-electron chi connectivity index (χ3n) is 4.12. The summed E-state index contributed by atoms with van der Waals surface area (Å²) in [4.78, 5) is 13.9. The normalized spacial score (nSPS) is 28.6. The first kappa shape index (κ1) is 11.9. The molecule has 4 nitrogen and oxygen atoms in total. The van der Waals surface area contributed by atoms with E-state index >= 15 is 0 Å². The highest BCUT2D eigenvalue weighted by Crippen LogP contribution is 2.43. The van der Waals surface area contributed by atoms with Crippen molar-refractivity contribution in [3.8, 4) is 0 Å². The van der Waals surface area contributed by atoms with E-state index in [2.05, 4.69) is 0 Å². The predicted molar refractivity (Wildman–Crippen MR) is 61.8 cm³/mol. The summed E-state index contributed by atoms with van der Waals surface area (Å²) in [5, 5.41) is 9.54. The van der Waals surface area contributed by atoms with E-state index in [1.165, 1.54) is 6.42 Å². The molecule has 0 bridgehead atoms. The van der Waals surface area contributed by atoms with Crippen molar-refractivity contribution < 1.29 is 9.90 Å². The molecule has 1 aliphatic heterocycles. The summed E-state index contributed by atoms with van der Waals surface area (Å²) < 4.78 is 0. The van der Waals surface area contributed by atoms with E-state index in [1.54, 1.807) is 0 Å². The van der Waals surface area contributed by atoms with Gasteiger partial charge >= 0.3 is 0 Å². The van der Waals surface area contributed by atoms with Crippen molar-refractivity contribution >= 4 is 5.91 Å². The molecule has 1 aliphatic carbocycles. The van der Waals surface area contributed by atoms with Gasteiger partial charge in [0.05, 0.1) is 6.10 Å². The van der Waals surface area contributed by atoms with Crippen LogP contribution in [0.5, 0.6) is 0 Å². The number of piperidine rings is 1. The highest BCUT2D eigenvalue weighted by atomic mass is 16.3. The molecular formula is C12H22N2O2. The van der Waals surface area contributed by atoms with E-state index in [0.717, 1.165) is 32.2 Å². The van der Waals surface area contributed by atoms with Gasteiger partial charge in [0.15, 0.2) is 0 Å². The standard InChI is InChI=1S/C12H22N2O2/c13-9-12(4-2-5-12)7-11(16)14-6-1-3-10(15)8-14/h10,15H,1-9,13H2/t10-/m0/s1. The SMILES string of the molecule is NCC1(CC(=O)N2CCC[C@H](O)C2)CCC1. The van der Waals surface area contributed by atoms with Crippen LogP contribution < -0.4 is 5.73 Å². The molecule has 3 N–H and O–H groups in total. The van der Waals surface area contributed by atoms with Gasteiger partial charge in [-0.25, -0.2) is 0 Å². The summed E-state index contributed by atoms with van der Waals surface area (Å²) in [6, 6.07) is 0. The molecule has 0 aromatic carbocycles. The molecule has 1 atom stereocenters. The van der Waals surface area contributed by atoms with E-state index in [4.69, 9.17) is 5.73 Å². The number of rotatable bonds is 3. The monoisotopic (exact) mass is 226 g/mol. The molecule has 0 aromatic rings. The largest absolute Gasteiger partial charge is 0.391 e. The molecule has 1 saturated heterocycles. The second-order valence-corrected chi connectivity index (χ2v) is 5.37. The van der Waals surface area contributed by atoms with Crippen molar-refractivity contribution in [1.29, 1.82) is 0 Å². The first-order valence-electron chi connectivity index (χ1n) is 6.31. The van der Waals surface area contributed by atoms with Crippen LogP contribution in [0.2, 0.25) is 0 Å². The molecule has 16 heavy (non-hydrogen) atoms. The Labute approximate surface area is 96.8 Å². The molecule has 0 aromatic heterocycles. The Bertz CT molecular complexity index is 258. The number of nitrogens with zero attached hydrogens (tertiary/aromatic N) is 1. The number of carbonyl (C=O) groups excluding carboxylic acids is 1. The van der Waals surface area contributed by atoms with Crippen LogP contribution in [0.3, 0.4) is 0 Å². The van der Waals surface area contributed by atoms with Crippen molar-refractivity contribution in [3.05, 3.63) is 0 Å². The van der Waals surface area contributed by atoms with Crippen LogP contribution >= 0.6 is 0 Å². The maximum atomic E-state index is 12.1. The maximum absolute atomic E-state index is 12.1. The first-order chi connectivity index (χ1) is 7.65. The fourth-order valence-electron chi connectivity index (χ4n) is 2.74. The van der Waals surface area contributed by atoms with Crippen LogP contribution in [0, 0.1) is 5.41 Å². The van der Waals surface area contributed by atoms with E-state index in [-0.39, 0.29) is 17.4 Å². The average molecular weight is 226 g/mol. The Morgan fingerprint density at radius 1 is 1.44 bits per heavy atom. The van der Waals surface area contributed by atoms with Crippen LogP contribution in [0.25, 0.3) is 0 Å². The average Bonchev–Trinajstić information content (AvgIpc) is 2.23. The van der Waals surface area contributed by atoms with Gasteiger partial charge in [-0.2, -0.15) is 0 Å². The van der Waals surface area contributed by atoms with Gasteiger partial charge < -0.3 is 15.7 Å². The minimum Gasteiger partial charge on any atom is -0.391 e. The van der Waals surface area contributed by atoms with Gasteiger partial charge in [0.1, 0.15) is 0 Å². The lowest BCUT2D eigenvalue weighted by atomic mass is 9.66. The van der Waals surface area contributed by atoms with E-state index in [1.807, 2.05) is 4.90 Å². The van der Waals surface area contributed by atoms with E-state index in [9.17, 15) is 9.90 Å². The highest BCUT2D eigenvalue weighted by molar-refractivity contribution is 5.77. The maximum Gasteiger partial charge on any atom is 0.223 e. The first-order valence-corrected chi connectivity index (χ1v) is 6.31. The van der Waals surface area contributed by atoms with Crippen molar-refractivity contribution in [2.45, 2.75) is 44.6 Å². The number of β-amino-alcohol motifs (C(OH)–C–C–N with tert-alkyl or cyclic N) is 1. The van der Waals surface area contributed by atoms with Gasteiger partial charge in [0.2, 0.25) is 5.91 Å². The van der Waals surface area contributed by atoms with Crippen molar-refractivity contribution in [1.82, 2.24) is 4.90 Å². The van der Waals surface area contributed by atoms with Gasteiger partial charge in [0, 0.05) is 19.5 Å². The summed E-state index contributed by atoms with van der Waals surface area (Å²) in [5.74, 6) is 0.184. The number of hydrogen-bond acceptors (Lipinski definition) is 3. The Morgan fingerprint density at radius 2 is 2.19 bits per heavy atom. The molecule has 2 rings (SSSR count). The molecule has 1 heterocycles. The Morgan fingerprint density at radius 3 is 2.69 bits per heavy atom. The molecule has 92 valence electrons. The van der Waals surface area contributed by atoms with Gasteiger partial charge in [-0.1, -0.05) is 6.42 Å². The number of carbonyl (C=O) groups is 1. The second-order valence-electron chi connectivity index (χ2n) is 5.37. The minimum absolute atomic E-state index is 0.0828. The van der Waals surface area contributed by atoms with E-state index < -0.39 is 0 Å². The number of likely N-dealkylation sites (tertiary alicyclic amines) is 1. The van der Waals surface area contributed by atoms with Gasteiger partial charge in [-0.3, -0.25) is 4.79 Å². The van der Waals surface area contributed by atoms with Gasteiger partial charge in [0.25, 0.3) is 0 Å². The molecule has 0 radical (unpaired) electrons. The molecule has 1 amide bonds. The molecule has 0 unspecified atom stereocenters. The van der Waals surface area contributed by atoms with Crippen LogP contribution in [-0.4, -0.2) is 41.7 Å². The van der Waals surface area contributed by atoms with Crippen LogP contribution in [-0.2, 0) is 4.79 Å². The van der Waals surface area contributed by atoms with Crippen molar-refractivity contribution in [2.24, 2.45) is 11.1 Å². The molecule has 2 aliphatic rings.